The monoisotopic (exact) mass is 429 g/mol. The number of rotatable bonds is 9. The molecule has 0 fully saturated rings. The summed E-state index contributed by atoms with van der Waals surface area (Å²) in [7, 11) is 1.51. The third-order valence-corrected chi connectivity index (χ3v) is 4.57. The largest absolute Gasteiger partial charge is 0.496 e. The molecule has 0 aliphatic carbocycles. The van der Waals surface area contributed by atoms with E-state index in [9.17, 15) is 13.6 Å². The first-order valence-corrected chi connectivity index (χ1v) is 9.38. The number of carbonyl (C=O) groups is 1. The molecule has 0 radical (unpaired) electrons. The van der Waals surface area contributed by atoms with E-state index in [0.717, 1.165) is 34.9 Å². The van der Waals surface area contributed by atoms with E-state index in [1.54, 1.807) is 30.3 Å². The topological polar surface area (TPSA) is 88.0 Å². The Morgan fingerprint density at radius 3 is 2.19 bits per heavy atom. The van der Waals surface area contributed by atoms with Crippen molar-refractivity contribution >= 4 is 5.97 Å². The van der Waals surface area contributed by atoms with Crippen LogP contribution in [-0.2, 0) is 11.3 Å². The standard InChI is InChI=1S/C23H21F2NO5/c1-30-22-8-15(2-3-16(22)12-26-21(13-27)23(28)29)14-4-6-19(7-5-14)31-20-10-17(24)9-18(25)11-20/h2-11,21,26-27H,12-13H2,1H3,(H,28,29). The maximum atomic E-state index is 13.3. The van der Waals surface area contributed by atoms with Gasteiger partial charge in [0.25, 0.3) is 0 Å². The number of hydrogen-bond acceptors (Lipinski definition) is 5. The summed E-state index contributed by atoms with van der Waals surface area (Å²) in [5.41, 5.74) is 2.44. The van der Waals surface area contributed by atoms with Crippen molar-refractivity contribution in [1.82, 2.24) is 5.32 Å². The zero-order valence-electron chi connectivity index (χ0n) is 16.6. The van der Waals surface area contributed by atoms with E-state index in [1.807, 2.05) is 12.1 Å². The smallest absolute Gasteiger partial charge is 0.323 e. The molecule has 1 atom stereocenters. The van der Waals surface area contributed by atoms with Gasteiger partial charge in [-0.15, -0.1) is 0 Å². The van der Waals surface area contributed by atoms with Gasteiger partial charge in [0.2, 0.25) is 0 Å². The van der Waals surface area contributed by atoms with Gasteiger partial charge in [0.1, 0.15) is 34.9 Å². The number of aliphatic hydroxyl groups is 1. The number of ether oxygens (including phenoxy) is 2. The van der Waals surface area contributed by atoms with E-state index in [4.69, 9.17) is 19.7 Å². The summed E-state index contributed by atoms with van der Waals surface area (Å²) in [6.45, 7) is -0.315. The number of benzene rings is 3. The van der Waals surface area contributed by atoms with Crippen LogP contribution in [0.25, 0.3) is 11.1 Å². The molecule has 6 nitrogen and oxygen atoms in total. The zero-order valence-corrected chi connectivity index (χ0v) is 16.6. The fourth-order valence-corrected chi connectivity index (χ4v) is 2.97. The number of nitrogens with one attached hydrogen (secondary N) is 1. The van der Waals surface area contributed by atoms with Gasteiger partial charge in [-0.1, -0.05) is 24.3 Å². The first kappa shape index (κ1) is 22.2. The minimum atomic E-state index is -1.14. The summed E-state index contributed by atoms with van der Waals surface area (Å²) in [6.07, 6.45) is 0. The maximum absolute atomic E-state index is 13.3. The van der Waals surface area contributed by atoms with Gasteiger partial charge in [0.05, 0.1) is 13.7 Å². The minimum absolute atomic E-state index is 0.0614. The summed E-state index contributed by atoms with van der Waals surface area (Å²) < 4.78 is 37.5. The number of halogens is 2. The van der Waals surface area contributed by atoms with Crippen LogP contribution < -0.4 is 14.8 Å². The fraction of sp³-hybridized carbons (Fsp3) is 0.174. The first-order valence-electron chi connectivity index (χ1n) is 9.38. The van der Waals surface area contributed by atoms with Gasteiger partial charge in [-0.05, 0) is 29.3 Å². The molecule has 0 bridgehead atoms. The van der Waals surface area contributed by atoms with Gasteiger partial charge in [-0.3, -0.25) is 10.1 Å². The van der Waals surface area contributed by atoms with Crippen molar-refractivity contribution in [1.29, 1.82) is 0 Å². The average molecular weight is 429 g/mol. The Balaban J connectivity index is 1.74. The van der Waals surface area contributed by atoms with Crippen molar-refractivity contribution in [2.24, 2.45) is 0 Å². The van der Waals surface area contributed by atoms with Crippen molar-refractivity contribution in [3.05, 3.63) is 77.9 Å². The minimum Gasteiger partial charge on any atom is -0.496 e. The van der Waals surface area contributed by atoms with Crippen LogP contribution >= 0.6 is 0 Å². The third kappa shape index (κ3) is 5.78. The van der Waals surface area contributed by atoms with Gasteiger partial charge in [0.15, 0.2) is 0 Å². The molecule has 1 unspecified atom stereocenters. The van der Waals surface area contributed by atoms with Crippen molar-refractivity contribution in [3.63, 3.8) is 0 Å². The van der Waals surface area contributed by atoms with Crippen LogP contribution in [0.3, 0.4) is 0 Å². The number of aliphatic hydroxyl groups excluding tert-OH is 1. The Morgan fingerprint density at radius 1 is 0.968 bits per heavy atom. The molecule has 0 saturated carbocycles. The van der Waals surface area contributed by atoms with Crippen molar-refractivity contribution < 1.29 is 33.3 Å². The second-order valence-corrected chi connectivity index (χ2v) is 6.71. The first-order chi connectivity index (χ1) is 14.9. The molecule has 0 aliphatic heterocycles. The lowest BCUT2D eigenvalue weighted by Crippen LogP contribution is -2.39. The van der Waals surface area contributed by atoms with Gasteiger partial charge in [0, 0.05) is 30.3 Å². The van der Waals surface area contributed by atoms with Gasteiger partial charge >= 0.3 is 5.97 Å². The van der Waals surface area contributed by atoms with E-state index in [0.29, 0.717) is 11.5 Å². The van der Waals surface area contributed by atoms with Crippen LogP contribution in [0.5, 0.6) is 17.2 Å². The Hall–Kier alpha value is -3.49. The summed E-state index contributed by atoms with van der Waals surface area (Å²) in [4.78, 5) is 11.0. The number of carboxylic acids is 1. The highest BCUT2D eigenvalue weighted by Crippen LogP contribution is 2.30. The van der Waals surface area contributed by atoms with Crippen LogP contribution in [0.4, 0.5) is 8.78 Å². The van der Waals surface area contributed by atoms with Crippen LogP contribution in [0.15, 0.2) is 60.7 Å². The molecule has 8 heteroatoms. The molecular formula is C23H21F2NO5. The molecule has 0 aliphatic rings. The molecule has 0 amide bonds. The van der Waals surface area contributed by atoms with E-state index < -0.39 is 30.3 Å². The van der Waals surface area contributed by atoms with Crippen LogP contribution in [0, 0.1) is 11.6 Å². The number of hydrogen-bond donors (Lipinski definition) is 3. The Kier molecular flexibility index (Phi) is 7.17. The second-order valence-electron chi connectivity index (χ2n) is 6.71. The lowest BCUT2D eigenvalue weighted by atomic mass is 10.0. The van der Waals surface area contributed by atoms with Crippen LogP contribution in [-0.4, -0.2) is 35.9 Å². The van der Waals surface area contributed by atoms with Crippen molar-refractivity contribution in [2.75, 3.05) is 13.7 Å². The zero-order chi connectivity index (χ0) is 22.4. The quantitative estimate of drug-likeness (QED) is 0.477. The van der Waals surface area contributed by atoms with Gasteiger partial charge < -0.3 is 19.7 Å². The SMILES string of the molecule is COc1cc(-c2ccc(Oc3cc(F)cc(F)c3)cc2)ccc1CNC(CO)C(=O)O. The predicted molar refractivity (Wildman–Crippen MR) is 110 cm³/mol. The average Bonchev–Trinajstić information content (AvgIpc) is 2.74. The van der Waals surface area contributed by atoms with Gasteiger partial charge in [-0.25, -0.2) is 8.78 Å². The second kappa shape index (κ2) is 10.0. The lowest BCUT2D eigenvalue weighted by molar-refractivity contribution is -0.140. The fourth-order valence-electron chi connectivity index (χ4n) is 2.97. The van der Waals surface area contributed by atoms with E-state index in [2.05, 4.69) is 5.32 Å². The molecule has 31 heavy (non-hydrogen) atoms. The van der Waals surface area contributed by atoms with E-state index >= 15 is 0 Å². The molecule has 3 aromatic carbocycles. The van der Waals surface area contributed by atoms with E-state index in [1.165, 1.54) is 7.11 Å². The summed E-state index contributed by atoms with van der Waals surface area (Å²) >= 11 is 0. The molecule has 3 N–H and O–H groups in total. The van der Waals surface area contributed by atoms with Crippen LogP contribution in [0.2, 0.25) is 0 Å². The van der Waals surface area contributed by atoms with Crippen molar-refractivity contribution in [3.8, 4) is 28.4 Å². The molecule has 0 saturated heterocycles. The highest BCUT2D eigenvalue weighted by molar-refractivity contribution is 5.73. The molecular weight excluding hydrogens is 408 g/mol. The van der Waals surface area contributed by atoms with Gasteiger partial charge in [-0.2, -0.15) is 0 Å². The summed E-state index contributed by atoms with van der Waals surface area (Å²) in [6, 6.07) is 14.3. The lowest BCUT2D eigenvalue weighted by Gasteiger charge is -2.15. The number of carboxylic acid groups (broad SMARTS) is 1. The Morgan fingerprint density at radius 2 is 1.61 bits per heavy atom. The highest BCUT2D eigenvalue weighted by Gasteiger charge is 2.16. The summed E-state index contributed by atoms with van der Waals surface area (Å²) in [5, 5.41) is 20.9. The molecule has 0 heterocycles. The predicted octanol–water partition coefficient (Wildman–Crippen LogP) is 3.97. The third-order valence-electron chi connectivity index (χ3n) is 4.57. The Bertz CT molecular complexity index is 1040. The number of aliphatic carboxylic acids is 1. The number of methoxy groups -OCH3 is 1. The Labute approximate surface area is 177 Å². The summed E-state index contributed by atoms with van der Waals surface area (Å²) in [5.74, 6) is -1.54. The maximum Gasteiger partial charge on any atom is 0.323 e. The highest BCUT2D eigenvalue weighted by atomic mass is 19.1. The molecule has 3 aromatic rings. The molecule has 3 rings (SSSR count). The molecule has 0 spiro atoms. The normalized spacial score (nSPS) is 11.7. The molecule has 0 aromatic heterocycles. The van der Waals surface area contributed by atoms with E-state index in [-0.39, 0.29) is 12.3 Å². The van der Waals surface area contributed by atoms with Crippen LogP contribution in [0.1, 0.15) is 5.56 Å². The molecule has 162 valence electrons. The van der Waals surface area contributed by atoms with Crippen molar-refractivity contribution in [2.45, 2.75) is 12.6 Å².